The molecule has 4 nitrogen and oxygen atoms in total. The lowest BCUT2D eigenvalue weighted by molar-refractivity contribution is -0.384. The Labute approximate surface area is 123 Å². The van der Waals surface area contributed by atoms with Crippen molar-refractivity contribution >= 4 is 17.3 Å². The summed E-state index contributed by atoms with van der Waals surface area (Å²) >= 11 is 6.23. The summed E-state index contributed by atoms with van der Waals surface area (Å²) < 4.78 is 0. The van der Waals surface area contributed by atoms with Gasteiger partial charge in [-0.05, 0) is 55.0 Å². The molecule has 2 aliphatic rings. The molecule has 3 unspecified atom stereocenters. The summed E-state index contributed by atoms with van der Waals surface area (Å²) in [7, 11) is 0. The van der Waals surface area contributed by atoms with Gasteiger partial charge in [0.2, 0.25) is 0 Å². The molecule has 3 atom stereocenters. The number of nitrogens with two attached hydrogens (primary N) is 1. The van der Waals surface area contributed by atoms with Crippen molar-refractivity contribution in [3.8, 4) is 0 Å². The molecule has 0 amide bonds. The van der Waals surface area contributed by atoms with Crippen LogP contribution >= 0.6 is 11.6 Å². The van der Waals surface area contributed by atoms with E-state index in [-0.39, 0.29) is 11.1 Å². The molecular weight excluding hydrogens is 276 g/mol. The van der Waals surface area contributed by atoms with Crippen LogP contribution in [0.25, 0.3) is 0 Å². The van der Waals surface area contributed by atoms with Crippen molar-refractivity contribution in [1.82, 2.24) is 0 Å². The van der Waals surface area contributed by atoms with E-state index in [2.05, 4.69) is 0 Å². The van der Waals surface area contributed by atoms with Gasteiger partial charge in [0.1, 0.15) is 0 Å². The van der Waals surface area contributed by atoms with Gasteiger partial charge in [-0.25, -0.2) is 0 Å². The van der Waals surface area contributed by atoms with Crippen LogP contribution in [0.15, 0.2) is 18.2 Å². The van der Waals surface area contributed by atoms with Crippen molar-refractivity contribution in [3.63, 3.8) is 0 Å². The van der Waals surface area contributed by atoms with Crippen LogP contribution in [-0.4, -0.2) is 11.5 Å². The van der Waals surface area contributed by atoms with Gasteiger partial charge in [-0.15, -0.1) is 0 Å². The summed E-state index contributed by atoms with van der Waals surface area (Å²) in [4.78, 5) is 10.3. The number of hydrogen-bond donors (Lipinski definition) is 1. The smallest absolute Gasteiger partial charge is 0.270 e. The number of halogens is 1. The maximum absolute atomic E-state index is 10.8. The molecule has 20 heavy (non-hydrogen) atoms. The lowest BCUT2D eigenvalue weighted by Gasteiger charge is -2.37. The Morgan fingerprint density at radius 3 is 2.75 bits per heavy atom. The van der Waals surface area contributed by atoms with E-state index in [1.54, 1.807) is 12.1 Å². The molecule has 0 aromatic heterocycles. The summed E-state index contributed by atoms with van der Waals surface area (Å²) in [5.41, 5.74) is 7.28. The Kier molecular flexibility index (Phi) is 3.46. The summed E-state index contributed by atoms with van der Waals surface area (Å²) in [6.07, 6.45) is 5.93. The number of rotatable bonds is 4. The van der Waals surface area contributed by atoms with E-state index in [9.17, 15) is 10.1 Å². The van der Waals surface area contributed by atoms with Gasteiger partial charge in [0.25, 0.3) is 5.69 Å². The van der Waals surface area contributed by atoms with Crippen LogP contribution in [0.3, 0.4) is 0 Å². The topological polar surface area (TPSA) is 69.2 Å². The molecule has 5 heteroatoms. The minimum absolute atomic E-state index is 0.0495. The fraction of sp³-hybridized carbons (Fsp3) is 0.600. The van der Waals surface area contributed by atoms with Gasteiger partial charge in [0.05, 0.1) is 9.95 Å². The van der Waals surface area contributed by atoms with Crippen LogP contribution in [0.1, 0.15) is 31.2 Å². The first-order chi connectivity index (χ1) is 9.54. The molecule has 0 aliphatic heterocycles. The first-order valence-electron chi connectivity index (χ1n) is 7.17. The van der Waals surface area contributed by atoms with Gasteiger partial charge in [-0.1, -0.05) is 24.1 Å². The minimum Gasteiger partial charge on any atom is -0.330 e. The lowest BCUT2D eigenvalue weighted by atomic mass is 9.69. The van der Waals surface area contributed by atoms with Crippen molar-refractivity contribution in [2.75, 3.05) is 6.54 Å². The highest BCUT2D eigenvalue weighted by Crippen LogP contribution is 2.57. The van der Waals surface area contributed by atoms with E-state index in [1.165, 1.54) is 31.7 Å². The summed E-state index contributed by atoms with van der Waals surface area (Å²) in [5, 5.41) is 11.3. The maximum atomic E-state index is 10.8. The second-order valence-electron chi connectivity index (χ2n) is 6.36. The zero-order valence-electron chi connectivity index (χ0n) is 11.3. The van der Waals surface area contributed by atoms with Gasteiger partial charge in [-0.2, -0.15) is 0 Å². The third-order valence-electron chi connectivity index (χ3n) is 5.30. The SMILES string of the molecule is NCC1(Cc2ccc([N+](=O)[O-])cc2Cl)CC2CCC1C2. The first kappa shape index (κ1) is 13.8. The number of benzene rings is 1. The van der Waals surface area contributed by atoms with Gasteiger partial charge < -0.3 is 5.73 Å². The van der Waals surface area contributed by atoms with Crippen molar-refractivity contribution in [1.29, 1.82) is 0 Å². The third-order valence-corrected chi connectivity index (χ3v) is 5.65. The predicted octanol–water partition coefficient (Wildman–Crippen LogP) is 3.56. The van der Waals surface area contributed by atoms with E-state index >= 15 is 0 Å². The van der Waals surface area contributed by atoms with Crippen molar-refractivity contribution < 1.29 is 4.92 Å². The zero-order chi connectivity index (χ0) is 14.3. The van der Waals surface area contributed by atoms with E-state index in [0.717, 1.165) is 17.9 Å². The second-order valence-corrected chi connectivity index (χ2v) is 6.76. The molecule has 2 N–H and O–H groups in total. The monoisotopic (exact) mass is 294 g/mol. The number of nitro benzene ring substituents is 1. The second kappa shape index (κ2) is 5.01. The molecule has 2 bridgehead atoms. The molecule has 2 saturated carbocycles. The predicted molar refractivity (Wildman–Crippen MR) is 78.7 cm³/mol. The Balaban J connectivity index is 1.85. The highest BCUT2D eigenvalue weighted by atomic mass is 35.5. The van der Waals surface area contributed by atoms with E-state index < -0.39 is 4.92 Å². The van der Waals surface area contributed by atoms with E-state index in [1.807, 2.05) is 0 Å². The minimum atomic E-state index is -0.411. The fourth-order valence-electron chi connectivity index (χ4n) is 4.27. The number of nitrogens with zero attached hydrogens (tertiary/aromatic N) is 1. The fourth-order valence-corrected chi connectivity index (χ4v) is 4.51. The average Bonchev–Trinajstić information content (AvgIpc) is 3.01. The molecular formula is C15H19ClN2O2. The number of hydrogen-bond acceptors (Lipinski definition) is 3. The molecule has 0 spiro atoms. The molecule has 0 heterocycles. The van der Waals surface area contributed by atoms with Gasteiger partial charge >= 0.3 is 0 Å². The third kappa shape index (κ3) is 2.21. The summed E-state index contributed by atoms with van der Waals surface area (Å²) in [6, 6.07) is 4.79. The van der Waals surface area contributed by atoms with E-state index in [4.69, 9.17) is 17.3 Å². The van der Waals surface area contributed by atoms with Crippen molar-refractivity contribution in [2.45, 2.75) is 32.1 Å². The van der Waals surface area contributed by atoms with Crippen LogP contribution in [0, 0.1) is 27.4 Å². The Bertz CT molecular complexity index is 549. The number of fused-ring (bicyclic) bond motifs is 2. The molecule has 2 aliphatic carbocycles. The van der Waals surface area contributed by atoms with Crippen LogP contribution in [0.4, 0.5) is 5.69 Å². The Morgan fingerprint density at radius 1 is 1.45 bits per heavy atom. The van der Waals surface area contributed by atoms with Gasteiger partial charge in [0.15, 0.2) is 0 Å². The van der Waals surface area contributed by atoms with E-state index in [0.29, 0.717) is 17.5 Å². The molecule has 2 fully saturated rings. The summed E-state index contributed by atoms with van der Waals surface area (Å²) in [5.74, 6) is 1.52. The normalized spacial score (nSPS) is 31.7. The molecule has 0 radical (unpaired) electrons. The van der Waals surface area contributed by atoms with Gasteiger partial charge in [-0.3, -0.25) is 10.1 Å². The molecule has 0 saturated heterocycles. The Hall–Kier alpha value is -1.13. The number of nitro groups is 1. The highest BCUT2D eigenvalue weighted by Gasteiger charge is 2.49. The van der Waals surface area contributed by atoms with Crippen molar-refractivity contribution in [3.05, 3.63) is 38.9 Å². The quantitative estimate of drug-likeness (QED) is 0.682. The average molecular weight is 295 g/mol. The van der Waals surface area contributed by atoms with Crippen LogP contribution in [0.2, 0.25) is 5.02 Å². The standard InChI is InChI=1S/C15H19ClN2O2/c16-14-6-13(18(19)20)4-2-11(14)8-15(9-17)7-10-1-3-12(15)5-10/h2,4,6,10,12H,1,3,5,7-9,17H2. The molecule has 1 aromatic carbocycles. The van der Waals surface area contributed by atoms with Crippen LogP contribution < -0.4 is 5.73 Å². The molecule has 1 aromatic rings. The first-order valence-corrected chi connectivity index (χ1v) is 7.55. The van der Waals surface area contributed by atoms with Crippen LogP contribution in [-0.2, 0) is 6.42 Å². The highest BCUT2D eigenvalue weighted by molar-refractivity contribution is 6.31. The Morgan fingerprint density at radius 2 is 2.25 bits per heavy atom. The number of non-ortho nitro benzene ring substituents is 1. The maximum Gasteiger partial charge on any atom is 0.270 e. The zero-order valence-corrected chi connectivity index (χ0v) is 12.1. The molecule has 108 valence electrons. The summed E-state index contributed by atoms with van der Waals surface area (Å²) in [6.45, 7) is 0.682. The lowest BCUT2D eigenvalue weighted by Crippen LogP contribution is -2.38. The van der Waals surface area contributed by atoms with Gasteiger partial charge in [0, 0.05) is 12.1 Å². The largest absolute Gasteiger partial charge is 0.330 e. The van der Waals surface area contributed by atoms with Crippen LogP contribution in [0.5, 0.6) is 0 Å². The van der Waals surface area contributed by atoms with Crippen molar-refractivity contribution in [2.24, 2.45) is 23.0 Å². The molecule has 3 rings (SSSR count).